The van der Waals surface area contributed by atoms with Crippen molar-refractivity contribution in [2.24, 2.45) is 0 Å². The first-order chi connectivity index (χ1) is 11.3. The smallest absolute Gasteiger partial charge is 0.310 e. The number of piperidine rings is 1. The molecule has 1 saturated heterocycles. The molecular weight excluding hydrogens is 330 g/mol. The number of nitrogens with zero attached hydrogens (tertiary/aromatic N) is 2. The van der Waals surface area contributed by atoms with E-state index in [2.05, 4.69) is 17.1 Å². The number of anilines is 1. The molecule has 1 atom stereocenters. The molecule has 0 bridgehead atoms. The van der Waals surface area contributed by atoms with Crippen LogP contribution in [-0.4, -0.2) is 50.2 Å². The Bertz CT molecular complexity index is 691. The highest BCUT2D eigenvalue weighted by molar-refractivity contribution is 7.90. The Morgan fingerprint density at radius 3 is 2.75 bits per heavy atom. The maximum Gasteiger partial charge on any atom is 0.310 e. The molecule has 1 aromatic carbocycles. The van der Waals surface area contributed by atoms with Crippen LogP contribution >= 0.6 is 0 Å². The van der Waals surface area contributed by atoms with Gasteiger partial charge in [0.15, 0.2) is 9.84 Å². The number of nitro benzene ring substituents is 1. The van der Waals surface area contributed by atoms with Crippen LogP contribution in [0, 0.1) is 10.1 Å². The van der Waals surface area contributed by atoms with E-state index in [1.54, 1.807) is 6.07 Å². The molecular formula is C16H25N3O4S. The molecule has 1 aliphatic heterocycles. The predicted molar refractivity (Wildman–Crippen MR) is 94.2 cm³/mol. The molecule has 1 fully saturated rings. The van der Waals surface area contributed by atoms with Gasteiger partial charge in [0.1, 0.15) is 10.6 Å². The summed E-state index contributed by atoms with van der Waals surface area (Å²) >= 11 is 0. The molecule has 1 unspecified atom stereocenters. The van der Waals surface area contributed by atoms with E-state index in [1.807, 2.05) is 0 Å². The van der Waals surface area contributed by atoms with E-state index in [0.29, 0.717) is 12.6 Å². The van der Waals surface area contributed by atoms with Crippen molar-refractivity contribution in [3.63, 3.8) is 0 Å². The van der Waals surface area contributed by atoms with Crippen LogP contribution in [0.4, 0.5) is 11.4 Å². The molecule has 2 rings (SSSR count). The lowest BCUT2D eigenvalue weighted by Crippen LogP contribution is -2.41. The molecule has 1 N–H and O–H groups in total. The van der Waals surface area contributed by atoms with Crippen LogP contribution in [0.1, 0.15) is 32.6 Å². The minimum absolute atomic E-state index is 0.248. The molecule has 0 spiro atoms. The highest BCUT2D eigenvalue weighted by Gasteiger charge is 2.26. The third kappa shape index (κ3) is 4.45. The molecule has 8 heteroatoms. The van der Waals surface area contributed by atoms with Gasteiger partial charge < -0.3 is 5.32 Å². The number of benzene rings is 1. The molecule has 7 nitrogen and oxygen atoms in total. The standard InChI is InChI=1S/C16H25N3O4S/c1-3-13-7-4-5-11-18(13)12-10-17-14-8-6-9-15(24(2,22)23)16(14)19(20)21/h6,8-9,13,17H,3-5,7,10-12H2,1-2H3. The predicted octanol–water partition coefficient (Wildman–Crippen LogP) is 2.67. The van der Waals surface area contributed by atoms with Crippen molar-refractivity contribution >= 4 is 21.2 Å². The zero-order chi connectivity index (χ0) is 17.7. The van der Waals surface area contributed by atoms with Gasteiger partial charge in [-0.3, -0.25) is 15.0 Å². The molecule has 0 aromatic heterocycles. The number of nitro groups is 1. The number of nitrogens with one attached hydrogen (secondary N) is 1. The van der Waals surface area contributed by atoms with Crippen molar-refractivity contribution in [2.45, 2.75) is 43.5 Å². The monoisotopic (exact) mass is 355 g/mol. The van der Waals surface area contributed by atoms with Crippen LogP contribution in [0.25, 0.3) is 0 Å². The molecule has 0 amide bonds. The van der Waals surface area contributed by atoms with Gasteiger partial charge in [0, 0.05) is 25.4 Å². The summed E-state index contributed by atoms with van der Waals surface area (Å²) in [6.07, 6.45) is 5.72. The molecule has 0 aliphatic carbocycles. The van der Waals surface area contributed by atoms with Crippen LogP contribution in [-0.2, 0) is 9.84 Å². The van der Waals surface area contributed by atoms with Crippen molar-refractivity contribution in [3.05, 3.63) is 28.3 Å². The number of hydrogen-bond acceptors (Lipinski definition) is 6. The Labute approximate surface area is 143 Å². The number of para-hydroxylation sites is 1. The lowest BCUT2D eigenvalue weighted by atomic mass is 10.0. The van der Waals surface area contributed by atoms with Gasteiger partial charge in [-0.25, -0.2) is 8.42 Å². The third-order valence-electron chi connectivity index (χ3n) is 4.52. The topological polar surface area (TPSA) is 92.6 Å². The summed E-state index contributed by atoms with van der Waals surface area (Å²) in [7, 11) is -3.65. The van der Waals surface area contributed by atoms with E-state index in [4.69, 9.17) is 0 Å². The van der Waals surface area contributed by atoms with Crippen molar-refractivity contribution in [1.29, 1.82) is 0 Å². The summed E-state index contributed by atoms with van der Waals surface area (Å²) in [6.45, 7) is 4.56. The quantitative estimate of drug-likeness (QED) is 0.597. The van der Waals surface area contributed by atoms with E-state index >= 15 is 0 Å². The Kier molecular flexibility index (Phi) is 6.17. The van der Waals surface area contributed by atoms with Gasteiger partial charge in [-0.05, 0) is 37.9 Å². The normalized spacial score (nSPS) is 19.2. The minimum atomic E-state index is -3.65. The van der Waals surface area contributed by atoms with Gasteiger partial charge in [0.25, 0.3) is 0 Å². The Morgan fingerprint density at radius 2 is 2.12 bits per heavy atom. The van der Waals surface area contributed by atoms with Gasteiger partial charge in [-0.2, -0.15) is 0 Å². The zero-order valence-corrected chi connectivity index (χ0v) is 15.0. The maximum atomic E-state index is 11.8. The highest BCUT2D eigenvalue weighted by atomic mass is 32.2. The molecule has 134 valence electrons. The van der Waals surface area contributed by atoms with Gasteiger partial charge in [-0.15, -0.1) is 0 Å². The van der Waals surface area contributed by atoms with E-state index in [9.17, 15) is 18.5 Å². The van der Waals surface area contributed by atoms with Gasteiger partial charge in [0.2, 0.25) is 0 Å². The lowest BCUT2D eigenvalue weighted by Gasteiger charge is -2.35. The Balaban J connectivity index is 2.11. The average Bonchev–Trinajstić information content (AvgIpc) is 2.54. The zero-order valence-electron chi connectivity index (χ0n) is 14.2. The first kappa shape index (κ1) is 18.7. The first-order valence-electron chi connectivity index (χ1n) is 8.30. The summed E-state index contributed by atoms with van der Waals surface area (Å²) in [5.74, 6) is 0. The van der Waals surface area contributed by atoms with Crippen LogP contribution in [0.2, 0.25) is 0 Å². The summed E-state index contributed by atoms with van der Waals surface area (Å²) in [5, 5.41) is 14.4. The van der Waals surface area contributed by atoms with Crippen LogP contribution in [0.15, 0.2) is 23.1 Å². The van der Waals surface area contributed by atoms with Gasteiger partial charge >= 0.3 is 5.69 Å². The number of likely N-dealkylation sites (tertiary alicyclic amines) is 1. The molecule has 1 heterocycles. The second-order valence-corrected chi connectivity index (χ2v) is 8.19. The highest BCUT2D eigenvalue weighted by Crippen LogP contribution is 2.31. The number of sulfone groups is 1. The third-order valence-corrected chi connectivity index (χ3v) is 5.64. The second-order valence-electron chi connectivity index (χ2n) is 6.20. The van der Waals surface area contributed by atoms with E-state index in [-0.39, 0.29) is 16.3 Å². The molecule has 24 heavy (non-hydrogen) atoms. The van der Waals surface area contributed by atoms with Gasteiger partial charge in [0.05, 0.1) is 4.92 Å². The average molecular weight is 355 g/mol. The Morgan fingerprint density at radius 1 is 1.38 bits per heavy atom. The fraction of sp³-hybridized carbons (Fsp3) is 0.625. The molecule has 0 saturated carbocycles. The lowest BCUT2D eigenvalue weighted by molar-refractivity contribution is -0.386. The van der Waals surface area contributed by atoms with Crippen molar-refractivity contribution < 1.29 is 13.3 Å². The Hall–Kier alpha value is -1.67. The summed E-state index contributed by atoms with van der Waals surface area (Å²) in [5.41, 5.74) is -0.112. The summed E-state index contributed by atoms with van der Waals surface area (Å²) < 4.78 is 23.5. The SMILES string of the molecule is CCC1CCCCN1CCNc1cccc(S(C)(=O)=O)c1[N+](=O)[O-]. The molecule has 0 radical (unpaired) electrons. The minimum Gasteiger partial charge on any atom is -0.378 e. The van der Waals surface area contributed by atoms with Crippen LogP contribution in [0.3, 0.4) is 0 Å². The first-order valence-corrected chi connectivity index (χ1v) is 10.2. The van der Waals surface area contributed by atoms with E-state index in [1.165, 1.54) is 31.4 Å². The van der Waals surface area contributed by atoms with Crippen LogP contribution < -0.4 is 5.32 Å². The fourth-order valence-corrected chi connectivity index (χ4v) is 4.16. The van der Waals surface area contributed by atoms with Crippen molar-refractivity contribution in [1.82, 2.24) is 4.90 Å². The number of rotatable bonds is 7. The number of hydrogen-bond donors (Lipinski definition) is 1. The molecule has 1 aliphatic rings. The van der Waals surface area contributed by atoms with E-state index in [0.717, 1.165) is 25.8 Å². The summed E-state index contributed by atoms with van der Waals surface area (Å²) in [6, 6.07) is 4.93. The van der Waals surface area contributed by atoms with Crippen molar-refractivity contribution in [2.75, 3.05) is 31.2 Å². The fourth-order valence-electron chi connectivity index (χ4n) is 3.30. The van der Waals surface area contributed by atoms with Gasteiger partial charge in [-0.1, -0.05) is 19.4 Å². The van der Waals surface area contributed by atoms with Crippen molar-refractivity contribution in [3.8, 4) is 0 Å². The maximum absolute atomic E-state index is 11.8. The summed E-state index contributed by atoms with van der Waals surface area (Å²) in [4.78, 5) is 12.9. The van der Waals surface area contributed by atoms with E-state index < -0.39 is 14.8 Å². The molecule has 1 aromatic rings. The van der Waals surface area contributed by atoms with Crippen LogP contribution in [0.5, 0.6) is 0 Å². The largest absolute Gasteiger partial charge is 0.378 e. The second kappa shape index (κ2) is 7.94.